The molecule has 0 aromatic rings. The molecule has 2 heteroatoms. The lowest BCUT2D eigenvalue weighted by Gasteiger charge is -1.90. The molecule has 0 heterocycles. The van der Waals surface area contributed by atoms with Crippen molar-refractivity contribution in [2.45, 2.75) is 25.7 Å². The summed E-state index contributed by atoms with van der Waals surface area (Å²) < 4.78 is 0. The van der Waals surface area contributed by atoms with Gasteiger partial charge in [0.25, 0.3) is 0 Å². The number of carboxylic acids is 1. The standard InChI is InChI=1S/C7H12O2/c1-2-3-4-5-6-7(8)9/h2H,1,3-6H2,(H,8,9). The summed E-state index contributed by atoms with van der Waals surface area (Å²) in [5, 5.41) is 8.19. The van der Waals surface area contributed by atoms with Crippen LogP contribution in [0.2, 0.25) is 0 Å². The first-order chi connectivity index (χ1) is 4.27. The van der Waals surface area contributed by atoms with Crippen LogP contribution in [-0.2, 0) is 4.79 Å². The first-order valence-corrected chi connectivity index (χ1v) is 3.10. The molecule has 52 valence electrons. The van der Waals surface area contributed by atoms with Crippen molar-refractivity contribution in [3.8, 4) is 0 Å². The lowest BCUT2D eigenvalue weighted by Crippen LogP contribution is -1.92. The molecule has 0 atom stereocenters. The van der Waals surface area contributed by atoms with Crippen molar-refractivity contribution in [1.82, 2.24) is 0 Å². The van der Waals surface area contributed by atoms with E-state index in [9.17, 15) is 4.79 Å². The molecule has 0 aliphatic heterocycles. The van der Waals surface area contributed by atoms with Gasteiger partial charge in [0.2, 0.25) is 0 Å². The number of hydrogen-bond acceptors (Lipinski definition) is 1. The van der Waals surface area contributed by atoms with E-state index < -0.39 is 5.97 Å². The SMILES string of the molecule is C=CCCCCC(=O)O. The van der Waals surface area contributed by atoms with Crippen molar-refractivity contribution in [3.05, 3.63) is 12.7 Å². The Bertz CT molecular complexity index is 97.1. The normalized spacial score (nSPS) is 8.89. The lowest BCUT2D eigenvalue weighted by molar-refractivity contribution is -0.137. The smallest absolute Gasteiger partial charge is 0.303 e. The Morgan fingerprint density at radius 2 is 2.22 bits per heavy atom. The van der Waals surface area contributed by atoms with Crippen molar-refractivity contribution in [1.29, 1.82) is 0 Å². The Morgan fingerprint density at radius 3 is 2.67 bits per heavy atom. The molecule has 0 fully saturated rings. The topological polar surface area (TPSA) is 37.3 Å². The predicted octanol–water partition coefficient (Wildman–Crippen LogP) is 1.82. The van der Waals surface area contributed by atoms with Crippen LogP contribution >= 0.6 is 0 Å². The van der Waals surface area contributed by atoms with Crippen LogP contribution in [0.3, 0.4) is 0 Å². The minimum absolute atomic E-state index is 0.286. The summed E-state index contributed by atoms with van der Waals surface area (Å²) in [6, 6.07) is 0. The molecule has 2 nitrogen and oxygen atoms in total. The van der Waals surface area contributed by atoms with E-state index >= 15 is 0 Å². The Labute approximate surface area is 55.2 Å². The van der Waals surface area contributed by atoms with Gasteiger partial charge in [-0.3, -0.25) is 4.79 Å². The Kier molecular flexibility index (Phi) is 4.88. The first-order valence-electron chi connectivity index (χ1n) is 3.10. The monoisotopic (exact) mass is 128 g/mol. The fraction of sp³-hybridized carbons (Fsp3) is 0.571. The van der Waals surface area contributed by atoms with Crippen LogP contribution in [-0.4, -0.2) is 11.1 Å². The molecule has 0 radical (unpaired) electrons. The highest BCUT2D eigenvalue weighted by Gasteiger charge is 1.93. The summed E-state index contributed by atoms with van der Waals surface area (Å²) in [6.07, 6.45) is 4.72. The number of rotatable bonds is 5. The fourth-order valence-corrected chi connectivity index (χ4v) is 0.565. The molecule has 0 amide bonds. The number of hydrogen-bond donors (Lipinski definition) is 1. The number of unbranched alkanes of at least 4 members (excludes halogenated alkanes) is 2. The highest BCUT2D eigenvalue weighted by atomic mass is 16.4. The van der Waals surface area contributed by atoms with Crippen LogP contribution in [0, 0.1) is 0 Å². The highest BCUT2D eigenvalue weighted by Crippen LogP contribution is 1.98. The largest absolute Gasteiger partial charge is 0.481 e. The number of allylic oxidation sites excluding steroid dienone is 1. The molecule has 0 aliphatic rings. The van der Waals surface area contributed by atoms with Gasteiger partial charge in [-0.2, -0.15) is 0 Å². The van der Waals surface area contributed by atoms with Crippen molar-refractivity contribution in [2.24, 2.45) is 0 Å². The summed E-state index contributed by atoms with van der Waals surface area (Å²) in [6.45, 7) is 3.53. The second-order valence-corrected chi connectivity index (χ2v) is 1.93. The molecule has 0 aromatic carbocycles. The Hall–Kier alpha value is -0.790. The van der Waals surface area contributed by atoms with Crippen LogP contribution in [0.15, 0.2) is 12.7 Å². The molecule has 0 aliphatic carbocycles. The third kappa shape index (κ3) is 7.21. The van der Waals surface area contributed by atoms with Gasteiger partial charge in [-0.1, -0.05) is 6.08 Å². The molecule has 0 bridgehead atoms. The van der Waals surface area contributed by atoms with Crippen LogP contribution in [0.25, 0.3) is 0 Å². The molecule has 0 saturated carbocycles. The average Bonchev–Trinajstić information content (AvgIpc) is 1.80. The van der Waals surface area contributed by atoms with Gasteiger partial charge in [-0.25, -0.2) is 0 Å². The number of carboxylic acid groups (broad SMARTS) is 1. The summed E-state index contributed by atoms with van der Waals surface area (Å²) in [5.41, 5.74) is 0. The third-order valence-electron chi connectivity index (χ3n) is 1.05. The second-order valence-electron chi connectivity index (χ2n) is 1.93. The maximum atomic E-state index is 9.94. The maximum absolute atomic E-state index is 9.94. The quantitative estimate of drug-likeness (QED) is 0.453. The molecule has 0 unspecified atom stereocenters. The second kappa shape index (κ2) is 5.35. The van der Waals surface area contributed by atoms with E-state index in [4.69, 9.17) is 5.11 Å². The van der Waals surface area contributed by atoms with Gasteiger partial charge in [0.1, 0.15) is 0 Å². The zero-order valence-electron chi connectivity index (χ0n) is 5.47. The van der Waals surface area contributed by atoms with Gasteiger partial charge in [-0.15, -0.1) is 6.58 Å². The van der Waals surface area contributed by atoms with Gasteiger partial charge < -0.3 is 5.11 Å². The van der Waals surface area contributed by atoms with E-state index in [-0.39, 0.29) is 6.42 Å². The Morgan fingerprint density at radius 1 is 1.56 bits per heavy atom. The van der Waals surface area contributed by atoms with Gasteiger partial charge in [0.05, 0.1) is 0 Å². The van der Waals surface area contributed by atoms with Crippen LogP contribution in [0.4, 0.5) is 0 Å². The van der Waals surface area contributed by atoms with Crippen LogP contribution in [0.1, 0.15) is 25.7 Å². The van der Waals surface area contributed by atoms with E-state index in [1.807, 2.05) is 6.08 Å². The van der Waals surface area contributed by atoms with E-state index in [1.54, 1.807) is 0 Å². The number of aliphatic carboxylic acids is 1. The van der Waals surface area contributed by atoms with Crippen molar-refractivity contribution in [2.75, 3.05) is 0 Å². The molecule has 1 N–H and O–H groups in total. The van der Waals surface area contributed by atoms with Gasteiger partial charge in [0, 0.05) is 6.42 Å². The molecule has 0 aromatic heterocycles. The number of carbonyl (C=O) groups is 1. The molecular weight excluding hydrogens is 116 g/mol. The summed E-state index contributed by atoms with van der Waals surface area (Å²) in [5.74, 6) is -0.709. The minimum Gasteiger partial charge on any atom is -0.481 e. The highest BCUT2D eigenvalue weighted by molar-refractivity contribution is 5.66. The predicted molar refractivity (Wildman–Crippen MR) is 36.3 cm³/mol. The summed E-state index contributed by atoms with van der Waals surface area (Å²) in [7, 11) is 0. The molecule has 0 saturated heterocycles. The summed E-state index contributed by atoms with van der Waals surface area (Å²) >= 11 is 0. The van der Waals surface area contributed by atoms with E-state index in [1.165, 1.54) is 0 Å². The van der Waals surface area contributed by atoms with Crippen molar-refractivity contribution < 1.29 is 9.90 Å². The molecule has 0 spiro atoms. The zero-order valence-corrected chi connectivity index (χ0v) is 5.47. The Balaban J connectivity index is 2.91. The minimum atomic E-state index is -0.709. The average molecular weight is 128 g/mol. The van der Waals surface area contributed by atoms with Gasteiger partial charge >= 0.3 is 5.97 Å². The molecular formula is C7H12O2. The molecule has 0 rings (SSSR count). The van der Waals surface area contributed by atoms with Crippen LogP contribution in [0.5, 0.6) is 0 Å². The maximum Gasteiger partial charge on any atom is 0.303 e. The van der Waals surface area contributed by atoms with Crippen LogP contribution < -0.4 is 0 Å². The summed E-state index contributed by atoms with van der Waals surface area (Å²) in [4.78, 5) is 9.94. The molecule has 9 heavy (non-hydrogen) atoms. The first kappa shape index (κ1) is 8.21. The van der Waals surface area contributed by atoms with E-state index in [0.717, 1.165) is 19.3 Å². The van der Waals surface area contributed by atoms with Crippen molar-refractivity contribution >= 4 is 5.97 Å². The van der Waals surface area contributed by atoms with E-state index in [0.29, 0.717) is 0 Å². The van der Waals surface area contributed by atoms with Gasteiger partial charge in [0.15, 0.2) is 0 Å². The zero-order chi connectivity index (χ0) is 7.11. The lowest BCUT2D eigenvalue weighted by atomic mass is 10.2. The fourth-order valence-electron chi connectivity index (χ4n) is 0.565. The third-order valence-corrected chi connectivity index (χ3v) is 1.05. The van der Waals surface area contributed by atoms with E-state index in [2.05, 4.69) is 6.58 Å². The van der Waals surface area contributed by atoms with Crippen molar-refractivity contribution in [3.63, 3.8) is 0 Å². The van der Waals surface area contributed by atoms with Gasteiger partial charge in [-0.05, 0) is 19.3 Å².